The number of non-ortho nitro benzene ring substituents is 1. The Labute approximate surface area is 95.8 Å². The van der Waals surface area contributed by atoms with E-state index in [2.05, 4.69) is 4.18 Å². The molecule has 0 radical (unpaired) electrons. The normalized spacial score (nSPS) is 11.8. The van der Waals surface area contributed by atoms with Gasteiger partial charge in [-0.15, -0.1) is 0 Å². The Balaban J connectivity index is 3.42. The maximum absolute atomic E-state index is 10.5. The summed E-state index contributed by atoms with van der Waals surface area (Å²) in [5, 5.41) is 21.0. The molecular weight excluding hydrogens is 258 g/mol. The van der Waals surface area contributed by atoms with E-state index in [4.69, 9.17) is 5.73 Å². The molecule has 0 aliphatic rings. The molecule has 0 aliphatic heterocycles. The molecule has 0 fully saturated rings. The first-order valence-corrected chi connectivity index (χ1v) is 4.83. The number of hydrogen-bond donors (Lipinski definition) is 1. The number of nitrogen functional groups attached to an aromatic ring is 1. The number of benzene rings is 1. The average Bonchev–Trinajstić information content (AvgIpc) is 2.19. The first-order valence-electron chi connectivity index (χ1n) is 3.83. The van der Waals surface area contributed by atoms with Gasteiger partial charge in [-0.05, 0) is 0 Å². The molecule has 17 heavy (non-hydrogen) atoms. The summed E-state index contributed by atoms with van der Waals surface area (Å²) in [5.41, 5.74) is 3.12. The Morgan fingerprint density at radius 1 is 1.24 bits per heavy atom. The monoisotopic (exact) mass is 262 g/mol. The highest BCUT2D eigenvalue weighted by Gasteiger charge is 2.23. The lowest BCUT2D eigenvalue weighted by atomic mass is 10.2. The molecular formula is C6H4N3O7S-. The predicted molar refractivity (Wildman–Crippen MR) is 53.7 cm³/mol. The molecule has 2 N–H and O–H groups in total. The van der Waals surface area contributed by atoms with Gasteiger partial charge in [0.15, 0.2) is 11.4 Å². The molecule has 0 aliphatic carbocycles. The van der Waals surface area contributed by atoms with Crippen LogP contribution in [0.5, 0.6) is 5.75 Å². The van der Waals surface area contributed by atoms with Crippen molar-refractivity contribution >= 4 is 28.4 Å². The van der Waals surface area contributed by atoms with Gasteiger partial charge in [0.05, 0.1) is 22.0 Å². The van der Waals surface area contributed by atoms with Gasteiger partial charge in [-0.1, -0.05) is 0 Å². The van der Waals surface area contributed by atoms with Gasteiger partial charge in [-0.2, -0.15) is 0 Å². The van der Waals surface area contributed by atoms with Crippen LogP contribution >= 0.6 is 0 Å². The number of hydrogen-bond acceptors (Lipinski definition) is 8. The van der Waals surface area contributed by atoms with Crippen molar-refractivity contribution in [2.75, 3.05) is 5.73 Å². The lowest BCUT2D eigenvalue weighted by Gasteiger charge is -2.09. The topological polar surface area (TPSA) is 162 Å². The molecule has 0 aromatic heterocycles. The van der Waals surface area contributed by atoms with Gasteiger partial charge in [0, 0.05) is 0 Å². The predicted octanol–water partition coefficient (Wildman–Crippen LogP) is 0.258. The van der Waals surface area contributed by atoms with E-state index < -0.39 is 44.0 Å². The second-order valence-electron chi connectivity index (χ2n) is 2.68. The van der Waals surface area contributed by atoms with E-state index in [-0.39, 0.29) is 0 Å². The standard InChI is InChI=1S/C6H5N3O7S/c7-6-4(9(12)13)1-3(8(10)11)2-5(6)16-17(14)15/h1-2H,7H2,(H,14,15)/p-1. The van der Waals surface area contributed by atoms with Crippen LogP contribution in [0.3, 0.4) is 0 Å². The molecule has 0 saturated carbocycles. The molecule has 0 bridgehead atoms. The molecule has 1 aromatic carbocycles. The second-order valence-corrected chi connectivity index (χ2v) is 3.25. The van der Waals surface area contributed by atoms with Crippen molar-refractivity contribution in [2.45, 2.75) is 0 Å². The summed E-state index contributed by atoms with van der Waals surface area (Å²) in [6.45, 7) is 0. The summed E-state index contributed by atoms with van der Waals surface area (Å²) in [6.07, 6.45) is 0. The molecule has 1 unspecified atom stereocenters. The van der Waals surface area contributed by atoms with Gasteiger partial charge in [-0.3, -0.25) is 20.2 Å². The third-order valence-electron chi connectivity index (χ3n) is 1.67. The maximum atomic E-state index is 10.5. The molecule has 11 heteroatoms. The van der Waals surface area contributed by atoms with E-state index >= 15 is 0 Å². The lowest BCUT2D eigenvalue weighted by molar-refractivity contribution is -0.393. The molecule has 1 atom stereocenters. The van der Waals surface area contributed by atoms with Crippen molar-refractivity contribution in [2.24, 2.45) is 0 Å². The second kappa shape index (κ2) is 4.71. The summed E-state index contributed by atoms with van der Waals surface area (Å²) in [4.78, 5) is 19.1. The molecule has 10 nitrogen and oxygen atoms in total. The van der Waals surface area contributed by atoms with Crippen molar-refractivity contribution in [3.63, 3.8) is 0 Å². The van der Waals surface area contributed by atoms with Gasteiger partial charge >= 0.3 is 5.69 Å². The Hall–Kier alpha value is -2.27. The average molecular weight is 262 g/mol. The molecule has 0 spiro atoms. The summed E-state index contributed by atoms with van der Waals surface area (Å²) < 4.78 is 24.6. The third kappa shape index (κ3) is 2.85. The summed E-state index contributed by atoms with van der Waals surface area (Å²) in [6, 6.07) is 1.29. The van der Waals surface area contributed by atoms with Crippen LogP contribution < -0.4 is 9.92 Å². The van der Waals surface area contributed by atoms with Crippen molar-refractivity contribution < 1.29 is 22.8 Å². The largest absolute Gasteiger partial charge is 0.740 e. The van der Waals surface area contributed by atoms with Crippen molar-refractivity contribution in [1.29, 1.82) is 0 Å². The number of anilines is 1. The van der Waals surface area contributed by atoms with Crippen LogP contribution in [0.25, 0.3) is 0 Å². The number of nitrogens with zero attached hydrogens (tertiary/aromatic N) is 2. The molecule has 92 valence electrons. The van der Waals surface area contributed by atoms with Gasteiger partial charge in [0.25, 0.3) is 5.69 Å². The Morgan fingerprint density at radius 2 is 1.82 bits per heavy atom. The summed E-state index contributed by atoms with van der Waals surface area (Å²) >= 11 is -3.05. The molecule has 1 aromatic rings. The summed E-state index contributed by atoms with van der Waals surface area (Å²) in [7, 11) is 0. The van der Waals surface area contributed by atoms with E-state index in [1.807, 2.05) is 0 Å². The minimum absolute atomic E-state index is 0.607. The van der Waals surface area contributed by atoms with E-state index in [9.17, 15) is 29.0 Å². The third-order valence-corrected chi connectivity index (χ3v) is 1.99. The zero-order valence-electron chi connectivity index (χ0n) is 7.89. The van der Waals surface area contributed by atoms with E-state index in [0.717, 1.165) is 0 Å². The Bertz CT molecular complexity index is 517. The van der Waals surface area contributed by atoms with E-state index in [1.165, 1.54) is 0 Å². The Kier molecular flexibility index (Phi) is 3.55. The number of rotatable bonds is 4. The van der Waals surface area contributed by atoms with Crippen LogP contribution in [0.15, 0.2) is 12.1 Å². The highest BCUT2D eigenvalue weighted by Crippen LogP contribution is 2.36. The quantitative estimate of drug-likeness (QED) is 0.349. The van der Waals surface area contributed by atoms with E-state index in [1.54, 1.807) is 0 Å². The highest BCUT2D eigenvalue weighted by molar-refractivity contribution is 7.74. The minimum atomic E-state index is -3.05. The minimum Gasteiger partial charge on any atom is -0.740 e. The zero-order chi connectivity index (χ0) is 13.2. The number of nitrogens with two attached hydrogens (primary N) is 1. The van der Waals surface area contributed by atoms with E-state index in [0.29, 0.717) is 12.1 Å². The zero-order valence-corrected chi connectivity index (χ0v) is 8.71. The Morgan fingerprint density at radius 3 is 2.24 bits per heavy atom. The van der Waals surface area contributed by atoms with Gasteiger partial charge in [0.1, 0.15) is 11.4 Å². The number of nitro benzene ring substituents is 2. The first kappa shape index (κ1) is 12.8. The van der Waals surface area contributed by atoms with Gasteiger partial charge < -0.3 is 14.5 Å². The SMILES string of the molecule is Nc1c(OS(=O)[O-])cc([N+](=O)[O-])cc1[N+](=O)[O-]. The highest BCUT2D eigenvalue weighted by atomic mass is 32.2. The van der Waals surface area contributed by atoms with Crippen LogP contribution in [-0.2, 0) is 11.4 Å². The fraction of sp³-hybridized carbons (Fsp3) is 0. The fourth-order valence-corrected chi connectivity index (χ4v) is 1.28. The van der Waals surface area contributed by atoms with Crippen molar-refractivity contribution in [1.82, 2.24) is 0 Å². The van der Waals surface area contributed by atoms with Crippen LogP contribution in [0.2, 0.25) is 0 Å². The van der Waals surface area contributed by atoms with Crippen LogP contribution in [0.4, 0.5) is 17.1 Å². The van der Waals surface area contributed by atoms with Gasteiger partial charge in [0.2, 0.25) is 0 Å². The van der Waals surface area contributed by atoms with Crippen LogP contribution in [0.1, 0.15) is 0 Å². The molecule has 0 amide bonds. The van der Waals surface area contributed by atoms with Gasteiger partial charge in [-0.25, -0.2) is 4.21 Å². The molecule has 1 rings (SSSR count). The van der Waals surface area contributed by atoms with Crippen LogP contribution in [-0.4, -0.2) is 18.6 Å². The van der Waals surface area contributed by atoms with Crippen molar-refractivity contribution in [3.8, 4) is 5.75 Å². The van der Waals surface area contributed by atoms with Crippen LogP contribution in [0, 0.1) is 20.2 Å². The lowest BCUT2D eigenvalue weighted by Crippen LogP contribution is -2.04. The molecule has 0 heterocycles. The smallest absolute Gasteiger partial charge is 0.302 e. The maximum Gasteiger partial charge on any atom is 0.302 e. The fourth-order valence-electron chi connectivity index (χ4n) is 0.996. The molecule has 0 saturated heterocycles. The van der Waals surface area contributed by atoms with Crippen molar-refractivity contribution in [3.05, 3.63) is 32.4 Å². The first-order chi connectivity index (χ1) is 7.82. The summed E-state index contributed by atoms with van der Waals surface area (Å²) in [5.74, 6) is -0.667. The number of nitro groups is 2.